The number of nitrogens with zero attached hydrogens (tertiary/aromatic N) is 4. The minimum Gasteiger partial charge on any atom is -0.494 e. The van der Waals surface area contributed by atoms with Gasteiger partial charge in [-0.2, -0.15) is 0 Å². The number of hydrogen-bond acceptors (Lipinski definition) is 7. The number of methoxy groups -OCH3 is 1. The van der Waals surface area contributed by atoms with Crippen molar-refractivity contribution in [1.29, 1.82) is 0 Å². The van der Waals surface area contributed by atoms with E-state index < -0.39 is 18.1 Å². The maximum Gasteiger partial charge on any atom is 0.336 e. The normalized spacial score (nSPS) is 10.9. The zero-order valence-electron chi connectivity index (χ0n) is 15.2. The van der Waals surface area contributed by atoms with E-state index in [9.17, 15) is 18.7 Å². The summed E-state index contributed by atoms with van der Waals surface area (Å²) < 4.78 is 36.8. The fourth-order valence-corrected chi connectivity index (χ4v) is 2.63. The summed E-state index contributed by atoms with van der Waals surface area (Å²) in [5, 5.41) is 17.2. The molecule has 0 bridgehead atoms. The van der Waals surface area contributed by atoms with Gasteiger partial charge < -0.3 is 14.3 Å². The highest BCUT2D eigenvalue weighted by atomic mass is 19.3. The number of alkyl halides is 2. The van der Waals surface area contributed by atoms with E-state index in [2.05, 4.69) is 15.2 Å². The Hall–Kier alpha value is -3.56. The SMILES string of the molecule is COc1cnc(C(F)F)cc1-c1cc(N(C)c2nnc(C)o2)ccc1C(=O)O. The molecule has 0 spiro atoms. The molecule has 10 heteroatoms. The number of pyridine rings is 1. The van der Waals surface area contributed by atoms with Gasteiger partial charge in [-0.25, -0.2) is 13.6 Å². The minimum atomic E-state index is -2.81. The van der Waals surface area contributed by atoms with Crippen molar-refractivity contribution in [2.24, 2.45) is 0 Å². The topological polar surface area (TPSA) is 102 Å². The van der Waals surface area contributed by atoms with Gasteiger partial charge in [0.05, 0.1) is 18.9 Å². The molecular weight excluding hydrogens is 374 g/mol. The van der Waals surface area contributed by atoms with Gasteiger partial charge in [0.15, 0.2) is 0 Å². The van der Waals surface area contributed by atoms with Crippen LogP contribution in [0.15, 0.2) is 34.9 Å². The van der Waals surface area contributed by atoms with Gasteiger partial charge >= 0.3 is 12.0 Å². The van der Waals surface area contributed by atoms with Crippen LogP contribution in [-0.4, -0.2) is 40.4 Å². The molecule has 0 aliphatic rings. The first-order chi connectivity index (χ1) is 13.3. The number of carboxylic acid groups (broad SMARTS) is 1. The second-order valence-electron chi connectivity index (χ2n) is 5.81. The molecule has 0 amide bonds. The first kappa shape index (κ1) is 19.2. The van der Waals surface area contributed by atoms with Crippen LogP contribution in [0.4, 0.5) is 20.5 Å². The molecule has 0 saturated carbocycles. The fraction of sp³-hybridized carbons (Fsp3) is 0.222. The predicted octanol–water partition coefficient (Wildman–Crippen LogP) is 3.85. The van der Waals surface area contributed by atoms with Crippen molar-refractivity contribution in [2.75, 3.05) is 19.1 Å². The summed E-state index contributed by atoms with van der Waals surface area (Å²) in [6.45, 7) is 1.64. The van der Waals surface area contributed by atoms with E-state index in [1.165, 1.54) is 19.2 Å². The molecule has 28 heavy (non-hydrogen) atoms. The minimum absolute atomic E-state index is 0.0800. The number of aromatic nitrogens is 3. The van der Waals surface area contributed by atoms with Gasteiger partial charge in [-0.3, -0.25) is 9.88 Å². The Morgan fingerprint density at radius 1 is 1.25 bits per heavy atom. The van der Waals surface area contributed by atoms with Crippen LogP contribution in [0.3, 0.4) is 0 Å². The number of benzene rings is 1. The second kappa shape index (κ2) is 7.59. The third-order valence-corrected chi connectivity index (χ3v) is 4.05. The largest absolute Gasteiger partial charge is 0.494 e. The van der Waals surface area contributed by atoms with Crippen molar-refractivity contribution in [3.8, 4) is 16.9 Å². The third kappa shape index (κ3) is 3.61. The number of rotatable bonds is 6. The molecular formula is C18H16F2N4O4. The number of carboxylic acids is 1. The van der Waals surface area contributed by atoms with Crippen molar-refractivity contribution >= 4 is 17.7 Å². The molecule has 0 aliphatic heterocycles. The Kier molecular flexibility index (Phi) is 5.21. The van der Waals surface area contributed by atoms with Crippen molar-refractivity contribution in [1.82, 2.24) is 15.2 Å². The second-order valence-corrected chi connectivity index (χ2v) is 5.81. The number of aryl methyl sites for hydroxylation is 1. The van der Waals surface area contributed by atoms with Crippen molar-refractivity contribution in [3.05, 3.63) is 47.6 Å². The Labute approximate surface area is 158 Å². The first-order valence-electron chi connectivity index (χ1n) is 8.05. The summed E-state index contributed by atoms with van der Waals surface area (Å²) in [4.78, 5) is 16.9. The third-order valence-electron chi connectivity index (χ3n) is 4.05. The van der Waals surface area contributed by atoms with Crippen LogP contribution in [0.2, 0.25) is 0 Å². The summed E-state index contributed by atoms with van der Waals surface area (Å²) >= 11 is 0. The smallest absolute Gasteiger partial charge is 0.336 e. The van der Waals surface area contributed by atoms with E-state index >= 15 is 0 Å². The van der Waals surface area contributed by atoms with Gasteiger partial charge in [0.2, 0.25) is 5.89 Å². The van der Waals surface area contributed by atoms with E-state index in [0.717, 1.165) is 12.3 Å². The van der Waals surface area contributed by atoms with Gasteiger partial charge in [0.25, 0.3) is 6.43 Å². The lowest BCUT2D eigenvalue weighted by Gasteiger charge is -2.18. The van der Waals surface area contributed by atoms with Crippen LogP contribution < -0.4 is 9.64 Å². The Morgan fingerprint density at radius 2 is 2.00 bits per heavy atom. The lowest BCUT2D eigenvalue weighted by atomic mass is 9.98. The van der Waals surface area contributed by atoms with Crippen molar-refractivity contribution < 1.29 is 27.8 Å². The van der Waals surface area contributed by atoms with Gasteiger partial charge in [-0.05, 0) is 24.3 Å². The number of carbonyl (C=O) groups is 1. The molecule has 0 saturated heterocycles. The highest BCUT2D eigenvalue weighted by Gasteiger charge is 2.21. The summed E-state index contributed by atoms with van der Waals surface area (Å²) in [5.74, 6) is -0.683. The van der Waals surface area contributed by atoms with Gasteiger partial charge in [0, 0.05) is 30.8 Å². The summed E-state index contributed by atoms with van der Waals surface area (Å²) in [7, 11) is 3.00. The van der Waals surface area contributed by atoms with E-state index in [1.54, 1.807) is 24.9 Å². The fourth-order valence-electron chi connectivity index (χ4n) is 2.63. The molecule has 2 aromatic heterocycles. The maximum atomic E-state index is 13.1. The molecule has 3 aromatic rings. The number of anilines is 2. The lowest BCUT2D eigenvalue weighted by Crippen LogP contribution is -2.11. The van der Waals surface area contributed by atoms with Gasteiger partial charge in [-0.15, -0.1) is 5.10 Å². The lowest BCUT2D eigenvalue weighted by molar-refractivity contribution is 0.0697. The molecule has 0 aliphatic carbocycles. The van der Waals surface area contributed by atoms with Crippen LogP contribution in [0.25, 0.3) is 11.1 Å². The molecule has 1 aromatic carbocycles. The zero-order valence-corrected chi connectivity index (χ0v) is 15.2. The number of ether oxygens (including phenoxy) is 1. The van der Waals surface area contributed by atoms with Gasteiger partial charge in [-0.1, -0.05) is 5.10 Å². The van der Waals surface area contributed by atoms with E-state index in [1.807, 2.05) is 0 Å². The number of hydrogen-bond donors (Lipinski definition) is 1. The number of halogens is 2. The van der Waals surface area contributed by atoms with E-state index in [4.69, 9.17) is 9.15 Å². The average Bonchev–Trinajstić information content (AvgIpc) is 3.12. The molecule has 146 valence electrons. The molecule has 0 unspecified atom stereocenters. The molecule has 3 rings (SSSR count). The molecule has 2 heterocycles. The Morgan fingerprint density at radius 3 is 2.57 bits per heavy atom. The van der Waals surface area contributed by atoms with Crippen LogP contribution in [-0.2, 0) is 0 Å². The molecule has 0 radical (unpaired) electrons. The Balaban J connectivity index is 2.19. The monoisotopic (exact) mass is 390 g/mol. The molecule has 1 N–H and O–H groups in total. The quantitative estimate of drug-likeness (QED) is 0.677. The summed E-state index contributed by atoms with van der Waals surface area (Å²) in [5.41, 5.74) is 0.319. The van der Waals surface area contributed by atoms with E-state index in [-0.39, 0.29) is 28.5 Å². The van der Waals surface area contributed by atoms with Crippen LogP contribution in [0.1, 0.15) is 28.4 Å². The molecule has 8 nitrogen and oxygen atoms in total. The average molecular weight is 390 g/mol. The zero-order chi connectivity index (χ0) is 20.4. The number of aromatic carboxylic acids is 1. The Bertz CT molecular complexity index is 1020. The summed E-state index contributed by atoms with van der Waals surface area (Å²) in [6.07, 6.45) is -1.68. The maximum absolute atomic E-state index is 13.1. The highest BCUT2D eigenvalue weighted by Crippen LogP contribution is 2.37. The summed E-state index contributed by atoms with van der Waals surface area (Å²) in [6, 6.07) is 5.76. The highest BCUT2D eigenvalue weighted by molar-refractivity contribution is 5.98. The first-order valence-corrected chi connectivity index (χ1v) is 8.05. The standard InChI is InChI=1S/C18H16F2N4O4/c1-9-22-23-18(28-9)24(2)10-4-5-11(17(25)26)12(6-10)13-7-14(16(19)20)21-8-15(13)27-3/h4-8,16H,1-3H3,(H,25,26). The predicted molar refractivity (Wildman–Crippen MR) is 95.2 cm³/mol. The van der Waals surface area contributed by atoms with Crippen LogP contribution in [0.5, 0.6) is 5.75 Å². The van der Waals surface area contributed by atoms with Gasteiger partial charge in [0.1, 0.15) is 11.4 Å². The molecule has 0 fully saturated rings. The van der Waals surface area contributed by atoms with Crippen molar-refractivity contribution in [3.63, 3.8) is 0 Å². The van der Waals surface area contributed by atoms with E-state index in [0.29, 0.717) is 11.6 Å². The van der Waals surface area contributed by atoms with Crippen LogP contribution in [0, 0.1) is 6.92 Å². The van der Waals surface area contributed by atoms with Crippen LogP contribution >= 0.6 is 0 Å². The molecule has 0 atom stereocenters. The van der Waals surface area contributed by atoms with Crippen molar-refractivity contribution in [2.45, 2.75) is 13.3 Å².